The third-order valence-corrected chi connectivity index (χ3v) is 5.09. The molecule has 0 saturated heterocycles. The number of aliphatic imine (C=N–C) groups is 1. The number of ether oxygens (including phenoxy) is 1. The van der Waals surface area contributed by atoms with E-state index in [1.165, 1.54) is 17.8 Å². The van der Waals surface area contributed by atoms with Gasteiger partial charge in [0.15, 0.2) is 0 Å². The minimum atomic E-state index is -0.372. The molecule has 2 N–H and O–H groups in total. The fraction of sp³-hybridized carbons (Fsp3) is 0.227. The molecule has 30 heavy (non-hydrogen) atoms. The Balaban J connectivity index is 1.71. The number of hydrogen-bond donors (Lipinski definition) is 2. The number of esters is 1. The van der Waals surface area contributed by atoms with E-state index in [4.69, 9.17) is 4.74 Å². The van der Waals surface area contributed by atoms with Crippen molar-refractivity contribution < 1.29 is 18.7 Å². The van der Waals surface area contributed by atoms with E-state index in [-0.39, 0.29) is 29.9 Å². The maximum absolute atomic E-state index is 13.7. The van der Waals surface area contributed by atoms with Crippen molar-refractivity contribution in [3.8, 4) is 0 Å². The topological polar surface area (TPSA) is 79.8 Å². The Hall–Kier alpha value is -3.13. The fourth-order valence-corrected chi connectivity index (χ4v) is 3.47. The smallest absolute Gasteiger partial charge is 0.311 e. The summed E-state index contributed by atoms with van der Waals surface area (Å²) in [6.07, 6.45) is 1.80. The maximum Gasteiger partial charge on any atom is 0.311 e. The summed E-state index contributed by atoms with van der Waals surface area (Å²) in [4.78, 5) is 28.8. The number of halogens is 1. The van der Waals surface area contributed by atoms with Crippen LogP contribution < -0.4 is 10.6 Å². The van der Waals surface area contributed by atoms with E-state index in [2.05, 4.69) is 15.6 Å². The summed E-state index contributed by atoms with van der Waals surface area (Å²) < 4.78 is 18.7. The average Bonchev–Trinajstić information content (AvgIpc) is 2.88. The normalized spacial score (nSPS) is 12.6. The first kappa shape index (κ1) is 21.6. The van der Waals surface area contributed by atoms with Crippen LogP contribution in [0.4, 0.5) is 21.5 Å². The zero-order chi connectivity index (χ0) is 21.5. The van der Waals surface area contributed by atoms with Crippen molar-refractivity contribution in [3.63, 3.8) is 0 Å². The van der Waals surface area contributed by atoms with Gasteiger partial charge in [0.1, 0.15) is 5.82 Å². The molecule has 0 saturated carbocycles. The summed E-state index contributed by atoms with van der Waals surface area (Å²) in [5.41, 5.74) is 3.02. The highest BCUT2D eigenvalue weighted by atomic mass is 32.2. The Morgan fingerprint density at radius 1 is 1.23 bits per heavy atom. The zero-order valence-electron chi connectivity index (χ0n) is 16.7. The van der Waals surface area contributed by atoms with Crippen LogP contribution in [0.1, 0.15) is 18.9 Å². The lowest BCUT2D eigenvalue weighted by atomic mass is 10.2. The molecule has 1 heterocycles. The van der Waals surface area contributed by atoms with Crippen molar-refractivity contribution in [2.75, 3.05) is 23.0 Å². The Bertz CT molecular complexity index is 1020. The third kappa shape index (κ3) is 5.93. The standard InChI is InChI=1S/C22H22FN3O3S/c1-3-29-22(28)12-16-11-21(26-19-7-5-4-6-18(19)24-16)30-13-20(27)25-15-9-8-14(2)17(23)10-15/h4-11,24H,3,12-13H2,1-2H3,(H,25,27). The molecule has 6 nitrogen and oxygen atoms in total. The van der Waals surface area contributed by atoms with Gasteiger partial charge < -0.3 is 15.4 Å². The van der Waals surface area contributed by atoms with Gasteiger partial charge in [0, 0.05) is 11.4 Å². The number of rotatable bonds is 6. The molecule has 2 aromatic rings. The number of fused-ring (bicyclic) bond motifs is 1. The highest BCUT2D eigenvalue weighted by molar-refractivity contribution is 8.14. The molecule has 0 unspecified atom stereocenters. The van der Waals surface area contributed by atoms with Gasteiger partial charge in [-0.2, -0.15) is 0 Å². The van der Waals surface area contributed by atoms with Gasteiger partial charge in [-0.15, -0.1) is 0 Å². The number of benzene rings is 2. The quantitative estimate of drug-likeness (QED) is 0.648. The van der Waals surface area contributed by atoms with Gasteiger partial charge in [0.05, 0.1) is 35.2 Å². The largest absolute Gasteiger partial charge is 0.466 e. The van der Waals surface area contributed by atoms with E-state index in [1.54, 1.807) is 32.1 Å². The van der Waals surface area contributed by atoms with Crippen LogP contribution in [0.15, 0.2) is 59.2 Å². The number of para-hydroxylation sites is 2. The lowest BCUT2D eigenvalue weighted by molar-refractivity contribution is -0.142. The monoisotopic (exact) mass is 427 g/mol. The molecule has 0 aliphatic carbocycles. The lowest BCUT2D eigenvalue weighted by Gasteiger charge is -2.10. The fourth-order valence-electron chi connectivity index (χ4n) is 2.73. The van der Waals surface area contributed by atoms with Crippen molar-refractivity contribution in [2.45, 2.75) is 20.3 Å². The minimum Gasteiger partial charge on any atom is -0.466 e. The van der Waals surface area contributed by atoms with Crippen molar-refractivity contribution in [3.05, 3.63) is 65.6 Å². The predicted molar refractivity (Wildman–Crippen MR) is 119 cm³/mol. The highest BCUT2D eigenvalue weighted by Crippen LogP contribution is 2.31. The van der Waals surface area contributed by atoms with Crippen LogP contribution in [0.5, 0.6) is 0 Å². The molecule has 8 heteroatoms. The van der Waals surface area contributed by atoms with Crippen LogP contribution in [0.2, 0.25) is 0 Å². The van der Waals surface area contributed by atoms with Gasteiger partial charge >= 0.3 is 5.97 Å². The van der Waals surface area contributed by atoms with Crippen LogP contribution in [0.3, 0.4) is 0 Å². The number of hydrogen-bond acceptors (Lipinski definition) is 6. The molecule has 156 valence electrons. The van der Waals surface area contributed by atoms with Crippen molar-refractivity contribution in [2.24, 2.45) is 4.99 Å². The molecule has 0 radical (unpaired) electrons. The Labute approximate surface area is 178 Å². The zero-order valence-corrected chi connectivity index (χ0v) is 17.5. The van der Waals surface area contributed by atoms with Gasteiger partial charge in [-0.05, 0) is 49.8 Å². The van der Waals surface area contributed by atoms with Gasteiger partial charge in [0.2, 0.25) is 5.91 Å². The van der Waals surface area contributed by atoms with Gasteiger partial charge in [-0.3, -0.25) is 9.59 Å². The van der Waals surface area contributed by atoms with Crippen molar-refractivity contribution >= 4 is 45.7 Å². The molecule has 0 bridgehead atoms. The molecule has 0 fully saturated rings. The number of aryl methyl sites for hydroxylation is 1. The molecule has 1 amide bonds. The van der Waals surface area contributed by atoms with Crippen LogP contribution in [0, 0.1) is 12.7 Å². The van der Waals surface area contributed by atoms with Crippen molar-refractivity contribution in [1.82, 2.24) is 0 Å². The summed E-state index contributed by atoms with van der Waals surface area (Å²) in [6, 6.07) is 12.0. The first-order valence-electron chi connectivity index (χ1n) is 9.44. The number of carbonyl (C=O) groups excluding carboxylic acids is 2. The van der Waals surface area contributed by atoms with E-state index < -0.39 is 0 Å². The Morgan fingerprint density at radius 2 is 2.03 bits per heavy atom. The second-order valence-corrected chi connectivity index (χ2v) is 7.54. The number of amides is 1. The second kappa shape index (κ2) is 10.1. The van der Waals surface area contributed by atoms with E-state index >= 15 is 0 Å². The average molecular weight is 428 g/mol. The second-order valence-electron chi connectivity index (χ2n) is 6.54. The molecule has 3 rings (SSSR count). The van der Waals surface area contributed by atoms with Crippen LogP contribution in [0.25, 0.3) is 0 Å². The lowest BCUT2D eigenvalue weighted by Crippen LogP contribution is -2.15. The summed E-state index contributed by atoms with van der Waals surface area (Å²) in [5.74, 6) is -0.918. The number of anilines is 2. The first-order valence-corrected chi connectivity index (χ1v) is 10.4. The summed E-state index contributed by atoms with van der Waals surface area (Å²) in [7, 11) is 0. The number of nitrogens with zero attached hydrogens (tertiary/aromatic N) is 1. The number of nitrogens with one attached hydrogen (secondary N) is 2. The third-order valence-electron chi connectivity index (χ3n) is 4.17. The van der Waals surface area contributed by atoms with Gasteiger partial charge in [-0.25, -0.2) is 9.38 Å². The van der Waals surface area contributed by atoms with Crippen molar-refractivity contribution in [1.29, 1.82) is 0 Å². The predicted octanol–water partition coefficient (Wildman–Crippen LogP) is 4.80. The number of carbonyl (C=O) groups is 2. The highest BCUT2D eigenvalue weighted by Gasteiger charge is 2.15. The van der Waals surface area contributed by atoms with E-state index in [9.17, 15) is 14.0 Å². The van der Waals surface area contributed by atoms with Gasteiger partial charge in [0.25, 0.3) is 0 Å². The molecular formula is C22H22FN3O3S. The molecule has 0 atom stereocenters. The molecular weight excluding hydrogens is 405 g/mol. The molecule has 0 spiro atoms. The van der Waals surface area contributed by atoms with Crippen LogP contribution in [-0.2, 0) is 14.3 Å². The van der Waals surface area contributed by atoms with Crippen LogP contribution >= 0.6 is 11.8 Å². The summed E-state index contributed by atoms with van der Waals surface area (Å²) in [5, 5.41) is 6.47. The van der Waals surface area contributed by atoms with Crippen LogP contribution in [-0.4, -0.2) is 29.3 Å². The first-order chi connectivity index (χ1) is 14.4. The molecule has 1 aliphatic heterocycles. The molecule has 1 aliphatic rings. The van der Waals surface area contributed by atoms with E-state index in [0.717, 1.165) is 5.69 Å². The molecule has 0 aromatic heterocycles. The minimum absolute atomic E-state index is 0.0661. The SMILES string of the molecule is CCOC(=O)CC1=CC(SCC(=O)Nc2ccc(C)c(F)c2)=Nc2ccccc2N1. The maximum atomic E-state index is 13.7. The Kier molecular flexibility index (Phi) is 7.24. The summed E-state index contributed by atoms with van der Waals surface area (Å²) >= 11 is 1.23. The van der Waals surface area contributed by atoms with Gasteiger partial charge in [-0.1, -0.05) is 30.0 Å². The Morgan fingerprint density at radius 3 is 2.80 bits per heavy atom. The van der Waals surface area contributed by atoms with E-state index in [1.807, 2.05) is 24.3 Å². The summed E-state index contributed by atoms with van der Waals surface area (Å²) in [6.45, 7) is 3.72. The molecule has 2 aromatic carbocycles. The number of thioether (sulfide) groups is 1. The van der Waals surface area contributed by atoms with E-state index in [0.29, 0.717) is 34.3 Å².